The normalized spacial score (nSPS) is 10.9. The van der Waals surface area contributed by atoms with E-state index in [4.69, 9.17) is 9.15 Å². The standard InChI is InChI=1S/C20H17N3O4S/c1-23-15-8-7-12(9-17(15)27-20(23)25)14-11-28-18(22-14)10-21-19(24)13-5-3-4-6-16(13)26-2/h3-9,11H,10H2,1-2H3,(H,21,24). The van der Waals surface area contributed by atoms with Gasteiger partial charge in [0.1, 0.15) is 10.8 Å². The number of amides is 1. The molecular weight excluding hydrogens is 378 g/mol. The Hall–Kier alpha value is -3.39. The molecular formula is C20H17N3O4S. The summed E-state index contributed by atoms with van der Waals surface area (Å²) in [5, 5.41) is 5.54. The summed E-state index contributed by atoms with van der Waals surface area (Å²) in [5.74, 6) is -0.0932. The van der Waals surface area contributed by atoms with Gasteiger partial charge in [-0.25, -0.2) is 9.78 Å². The molecule has 0 atom stereocenters. The smallest absolute Gasteiger partial charge is 0.419 e. The first-order valence-electron chi connectivity index (χ1n) is 8.52. The first-order chi connectivity index (χ1) is 13.6. The zero-order valence-electron chi connectivity index (χ0n) is 15.3. The number of nitrogens with zero attached hydrogens (tertiary/aromatic N) is 2. The minimum atomic E-state index is -0.398. The van der Waals surface area contributed by atoms with Gasteiger partial charge in [-0.05, 0) is 24.3 Å². The molecule has 0 fully saturated rings. The van der Waals surface area contributed by atoms with Gasteiger partial charge < -0.3 is 14.5 Å². The lowest BCUT2D eigenvalue weighted by molar-refractivity contribution is 0.0948. The summed E-state index contributed by atoms with van der Waals surface area (Å²) in [7, 11) is 3.20. The Bertz CT molecular complexity index is 1220. The number of oxazole rings is 1. The molecule has 0 spiro atoms. The molecule has 2 heterocycles. The number of thiazole rings is 1. The maximum absolute atomic E-state index is 12.4. The summed E-state index contributed by atoms with van der Waals surface area (Å²) >= 11 is 1.45. The van der Waals surface area contributed by atoms with E-state index in [9.17, 15) is 9.59 Å². The molecule has 4 rings (SSSR count). The molecule has 0 unspecified atom stereocenters. The van der Waals surface area contributed by atoms with Crippen molar-refractivity contribution in [3.8, 4) is 17.0 Å². The molecule has 0 saturated carbocycles. The number of carbonyl (C=O) groups excluding carboxylic acids is 1. The molecule has 2 aromatic carbocycles. The van der Waals surface area contributed by atoms with Gasteiger partial charge in [0.2, 0.25) is 0 Å². The van der Waals surface area contributed by atoms with Crippen LogP contribution in [0.25, 0.3) is 22.4 Å². The van der Waals surface area contributed by atoms with E-state index in [1.54, 1.807) is 31.3 Å². The number of fused-ring (bicyclic) bond motifs is 1. The molecule has 2 aromatic heterocycles. The number of aromatic nitrogens is 2. The van der Waals surface area contributed by atoms with Gasteiger partial charge in [-0.1, -0.05) is 18.2 Å². The molecule has 8 heteroatoms. The largest absolute Gasteiger partial charge is 0.496 e. The fraction of sp³-hybridized carbons (Fsp3) is 0.150. The molecule has 28 heavy (non-hydrogen) atoms. The van der Waals surface area contributed by atoms with Crippen LogP contribution in [0.1, 0.15) is 15.4 Å². The molecule has 1 amide bonds. The average Bonchev–Trinajstić information content (AvgIpc) is 3.30. The highest BCUT2D eigenvalue weighted by Crippen LogP contribution is 2.25. The van der Waals surface area contributed by atoms with Crippen molar-refractivity contribution in [2.75, 3.05) is 7.11 Å². The quantitative estimate of drug-likeness (QED) is 0.561. The summed E-state index contributed by atoms with van der Waals surface area (Å²) in [6.07, 6.45) is 0. The summed E-state index contributed by atoms with van der Waals surface area (Å²) in [6.45, 7) is 0.310. The van der Waals surface area contributed by atoms with E-state index in [0.717, 1.165) is 21.8 Å². The maximum atomic E-state index is 12.4. The Morgan fingerprint density at radius 3 is 2.93 bits per heavy atom. The van der Waals surface area contributed by atoms with Crippen molar-refractivity contribution in [3.05, 3.63) is 69.0 Å². The van der Waals surface area contributed by atoms with Crippen LogP contribution in [0.5, 0.6) is 5.75 Å². The Morgan fingerprint density at radius 1 is 1.29 bits per heavy atom. The van der Waals surface area contributed by atoms with Crippen LogP contribution >= 0.6 is 11.3 Å². The van der Waals surface area contributed by atoms with Crippen molar-refractivity contribution in [2.24, 2.45) is 7.05 Å². The molecule has 0 saturated heterocycles. The summed E-state index contributed by atoms with van der Waals surface area (Å²) in [5.41, 5.74) is 3.34. The van der Waals surface area contributed by atoms with E-state index in [1.807, 2.05) is 23.6 Å². The van der Waals surface area contributed by atoms with Crippen molar-refractivity contribution in [3.63, 3.8) is 0 Å². The van der Waals surface area contributed by atoms with Crippen molar-refractivity contribution >= 4 is 28.3 Å². The molecule has 142 valence electrons. The van der Waals surface area contributed by atoms with Gasteiger partial charge >= 0.3 is 5.76 Å². The second-order valence-electron chi connectivity index (χ2n) is 6.12. The van der Waals surface area contributed by atoms with Gasteiger partial charge in [0.05, 0.1) is 30.4 Å². The van der Waals surface area contributed by atoms with Gasteiger partial charge in [-0.2, -0.15) is 0 Å². The lowest BCUT2D eigenvalue weighted by Gasteiger charge is -2.07. The van der Waals surface area contributed by atoms with Crippen molar-refractivity contribution in [2.45, 2.75) is 6.54 Å². The maximum Gasteiger partial charge on any atom is 0.419 e. The van der Waals surface area contributed by atoms with E-state index < -0.39 is 5.76 Å². The molecule has 0 aliphatic heterocycles. The highest BCUT2D eigenvalue weighted by atomic mass is 32.1. The van der Waals surface area contributed by atoms with Crippen molar-refractivity contribution in [1.82, 2.24) is 14.9 Å². The van der Waals surface area contributed by atoms with Crippen LogP contribution in [0.3, 0.4) is 0 Å². The fourth-order valence-electron chi connectivity index (χ4n) is 2.90. The van der Waals surface area contributed by atoms with E-state index in [-0.39, 0.29) is 5.91 Å². The minimum Gasteiger partial charge on any atom is -0.496 e. The predicted molar refractivity (Wildman–Crippen MR) is 107 cm³/mol. The predicted octanol–water partition coefficient (Wildman–Crippen LogP) is 3.19. The first-order valence-corrected chi connectivity index (χ1v) is 9.40. The van der Waals surface area contributed by atoms with Gasteiger partial charge in [0, 0.05) is 18.0 Å². The van der Waals surface area contributed by atoms with E-state index >= 15 is 0 Å². The number of rotatable bonds is 5. The van der Waals surface area contributed by atoms with Gasteiger partial charge in [-0.3, -0.25) is 9.36 Å². The Balaban J connectivity index is 1.50. The second-order valence-corrected chi connectivity index (χ2v) is 7.06. The number of nitrogens with one attached hydrogen (secondary N) is 1. The van der Waals surface area contributed by atoms with Crippen LogP contribution in [0.4, 0.5) is 0 Å². The zero-order chi connectivity index (χ0) is 19.7. The minimum absolute atomic E-state index is 0.221. The third kappa shape index (κ3) is 3.29. The number of ether oxygens (including phenoxy) is 1. The lowest BCUT2D eigenvalue weighted by atomic mass is 10.1. The molecule has 0 radical (unpaired) electrons. The van der Waals surface area contributed by atoms with Crippen LogP contribution < -0.4 is 15.8 Å². The van der Waals surface area contributed by atoms with E-state index in [2.05, 4.69) is 10.3 Å². The molecule has 0 bridgehead atoms. The van der Waals surface area contributed by atoms with Gasteiger partial charge in [0.25, 0.3) is 5.91 Å². The molecule has 0 aliphatic carbocycles. The average molecular weight is 395 g/mol. The van der Waals surface area contributed by atoms with E-state index in [1.165, 1.54) is 23.0 Å². The number of hydrogen-bond acceptors (Lipinski definition) is 6. The van der Waals surface area contributed by atoms with Crippen molar-refractivity contribution in [1.29, 1.82) is 0 Å². The van der Waals surface area contributed by atoms with Crippen LogP contribution in [0, 0.1) is 0 Å². The van der Waals surface area contributed by atoms with Crippen LogP contribution in [-0.2, 0) is 13.6 Å². The number of aryl methyl sites for hydroxylation is 1. The molecule has 1 N–H and O–H groups in total. The molecule has 4 aromatic rings. The highest BCUT2D eigenvalue weighted by Gasteiger charge is 2.13. The fourth-order valence-corrected chi connectivity index (χ4v) is 3.64. The number of para-hydroxylation sites is 1. The third-order valence-corrected chi connectivity index (χ3v) is 5.24. The SMILES string of the molecule is COc1ccccc1C(=O)NCc1nc(-c2ccc3c(c2)oc(=O)n3C)cs1. The molecule has 0 aliphatic rings. The van der Waals surface area contributed by atoms with Gasteiger partial charge in [0.15, 0.2) is 5.58 Å². The Labute approximate surface area is 164 Å². The third-order valence-electron chi connectivity index (χ3n) is 4.39. The highest BCUT2D eigenvalue weighted by molar-refractivity contribution is 7.09. The second kappa shape index (κ2) is 7.32. The van der Waals surface area contributed by atoms with Crippen LogP contribution in [0.15, 0.2) is 57.1 Å². The number of methoxy groups -OCH3 is 1. The van der Waals surface area contributed by atoms with Crippen LogP contribution in [0.2, 0.25) is 0 Å². The number of carbonyl (C=O) groups is 1. The lowest BCUT2D eigenvalue weighted by Crippen LogP contribution is -2.23. The first kappa shape index (κ1) is 18.0. The van der Waals surface area contributed by atoms with E-state index in [0.29, 0.717) is 23.4 Å². The zero-order valence-corrected chi connectivity index (χ0v) is 16.1. The Kier molecular flexibility index (Phi) is 4.70. The van der Waals surface area contributed by atoms with Crippen molar-refractivity contribution < 1.29 is 13.9 Å². The Morgan fingerprint density at radius 2 is 2.11 bits per heavy atom. The topological polar surface area (TPSA) is 86.4 Å². The van der Waals surface area contributed by atoms with Crippen LogP contribution in [-0.4, -0.2) is 22.6 Å². The van der Waals surface area contributed by atoms with Gasteiger partial charge in [-0.15, -0.1) is 11.3 Å². The monoisotopic (exact) mass is 395 g/mol. The summed E-state index contributed by atoms with van der Waals surface area (Å²) in [4.78, 5) is 28.6. The molecule has 7 nitrogen and oxygen atoms in total. The summed E-state index contributed by atoms with van der Waals surface area (Å²) < 4.78 is 11.9. The number of hydrogen-bond donors (Lipinski definition) is 1. The summed E-state index contributed by atoms with van der Waals surface area (Å²) in [6, 6.07) is 12.6. The number of benzene rings is 2.